The summed E-state index contributed by atoms with van der Waals surface area (Å²) in [5, 5.41) is 2.73. The lowest BCUT2D eigenvalue weighted by Gasteiger charge is -2.04. The highest BCUT2D eigenvalue weighted by Gasteiger charge is 2.12. The first-order valence-electron chi connectivity index (χ1n) is 5.45. The summed E-state index contributed by atoms with van der Waals surface area (Å²) in [4.78, 5) is 15.0. The molecule has 0 atom stereocenters. The Bertz CT molecular complexity index is 757. The third kappa shape index (κ3) is 2.58. The number of hydrogen-bond donors (Lipinski definition) is 1. The monoisotopic (exact) mass is 352 g/mol. The molecule has 0 aliphatic heterocycles. The number of aryl methyl sites for hydroxylation is 1. The predicted octanol–water partition coefficient (Wildman–Crippen LogP) is 3.89. The smallest absolute Gasteiger partial charge is 0.222 e. The van der Waals surface area contributed by atoms with Gasteiger partial charge in [0.05, 0.1) is 4.47 Å². The van der Waals surface area contributed by atoms with Gasteiger partial charge in [0, 0.05) is 16.5 Å². The van der Waals surface area contributed by atoms with Gasteiger partial charge in [-0.2, -0.15) is 0 Å². The number of nitrogen functional groups attached to an aromatic ring is 1. The zero-order valence-electron chi connectivity index (χ0n) is 9.92. The topological polar surface area (TPSA) is 64.7 Å². The van der Waals surface area contributed by atoms with E-state index in [1.54, 1.807) is 17.5 Å². The summed E-state index contributed by atoms with van der Waals surface area (Å²) >= 11 is 6.59. The van der Waals surface area contributed by atoms with Gasteiger partial charge in [-0.25, -0.2) is 15.0 Å². The minimum atomic E-state index is 0.295. The lowest BCUT2D eigenvalue weighted by Crippen LogP contribution is -1.95. The van der Waals surface area contributed by atoms with Crippen LogP contribution in [0.25, 0.3) is 10.2 Å². The summed E-state index contributed by atoms with van der Waals surface area (Å²) in [6.45, 7) is 2.05. The van der Waals surface area contributed by atoms with Gasteiger partial charge in [0.2, 0.25) is 5.95 Å². The van der Waals surface area contributed by atoms with Gasteiger partial charge in [-0.1, -0.05) is 0 Å². The third-order valence-corrected chi connectivity index (χ3v) is 5.29. The summed E-state index contributed by atoms with van der Waals surface area (Å²) in [5.41, 5.74) is 5.76. The Hall–Kier alpha value is -1.18. The number of aromatic nitrogens is 3. The van der Waals surface area contributed by atoms with Gasteiger partial charge in [0.15, 0.2) is 0 Å². The van der Waals surface area contributed by atoms with Crippen LogP contribution in [-0.2, 0) is 0 Å². The van der Waals surface area contributed by atoms with Crippen LogP contribution >= 0.6 is 39.0 Å². The maximum absolute atomic E-state index is 5.76. The second kappa shape index (κ2) is 5.07. The third-order valence-electron chi connectivity index (χ3n) is 2.42. The number of pyridine rings is 1. The Morgan fingerprint density at radius 1 is 1.32 bits per heavy atom. The van der Waals surface area contributed by atoms with E-state index in [1.165, 1.54) is 16.6 Å². The maximum Gasteiger partial charge on any atom is 0.222 e. The van der Waals surface area contributed by atoms with Crippen molar-refractivity contribution in [1.29, 1.82) is 0 Å². The van der Waals surface area contributed by atoms with Crippen molar-refractivity contribution in [3.63, 3.8) is 0 Å². The summed E-state index contributed by atoms with van der Waals surface area (Å²) in [6, 6.07) is 5.92. The van der Waals surface area contributed by atoms with E-state index in [9.17, 15) is 0 Å². The highest BCUT2D eigenvalue weighted by Crippen LogP contribution is 2.36. The zero-order chi connectivity index (χ0) is 13.4. The Labute approximate surface area is 126 Å². The molecule has 0 radical (unpaired) electrons. The molecule has 0 aliphatic rings. The lowest BCUT2D eigenvalue weighted by atomic mass is 10.4. The highest BCUT2D eigenvalue weighted by atomic mass is 79.9. The largest absolute Gasteiger partial charge is 0.368 e. The molecule has 19 heavy (non-hydrogen) atoms. The van der Waals surface area contributed by atoms with E-state index < -0.39 is 0 Å². The quantitative estimate of drug-likeness (QED) is 0.708. The first kappa shape index (κ1) is 12.8. The minimum absolute atomic E-state index is 0.295. The molecule has 3 aromatic rings. The first-order valence-corrected chi connectivity index (χ1v) is 7.88. The molecule has 0 fully saturated rings. The highest BCUT2D eigenvalue weighted by molar-refractivity contribution is 9.10. The molecule has 0 amide bonds. The van der Waals surface area contributed by atoms with Gasteiger partial charge in [0.25, 0.3) is 0 Å². The lowest BCUT2D eigenvalue weighted by molar-refractivity contribution is 1.08. The average Bonchev–Trinajstić information content (AvgIpc) is 2.72. The minimum Gasteiger partial charge on any atom is -0.368 e. The molecule has 0 unspecified atom stereocenters. The number of hydrogen-bond acceptors (Lipinski definition) is 6. The molecular weight excluding hydrogens is 344 g/mol. The van der Waals surface area contributed by atoms with Crippen molar-refractivity contribution >= 4 is 55.2 Å². The Morgan fingerprint density at radius 2 is 2.16 bits per heavy atom. The second-order valence-corrected chi connectivity index (χ2v) is 6.92. The first-order chi connectivity index (χ1) is 9.13. The van der Waals surface area contributed by atoms with Crippen molar-refractivity contribution in [2.24, 2.45) is 0 Å². The van der Waals surface area contributed by atoms with Gasteiger partial charge >= 0.3 is 0 Å². The molecule has 0 spiro atoms. The van der Waals surface area contributed by atoms with Gasteiger partial charge in [0.1, 0.15) is 14.9 Å². The Morgan fingerprint density at radius 3 is 2.95 bits per heavy atom. The molecule has 4 nitrogen and oxygen atoms in total. The van der Waals surface area contributed by atoms with Crippen LogP contribution < -0.4 is 5.73 Å². The summed E-state index contributed by atoms with van der Waals surface area (Å²) < 4.78 is 0.942. The van der Waals surface area contributed by atoms with Crippen LogP contribution in [0.4, 0.5) is 5.95 Å². The summed E-state index contributed by atoms with van der Waals surface area (Å²) in [6.07, 6.45) is 1.76. The van der Waals surface area contributed by atoms with E-state index in [2.05, 4.69) is 36.9 Å². The SMILES string of the molecule is Cc1cc2c(Sc3ncccc3Br)nc(N)nc2s1. The van der Waals surface area contributed by atoms with E-state index in [0.29, 0.717) is 5.95 Å². The molecule has 2 N–H and O–H groups in total. The van der Waals surface area contributed by atoms with Crippen LogP contribution in [0.15, 0.2) is 38.9 Å². The molecule has 7 heteroatoms. The van der Waals surface area contributed by atoms with E-state index in [4.69, 9.17) is 5.73 Å². The molecule has 0 saturated carbocycles. The molecule has 0 aromatic carbocycles. The Balaban J connectivity index is 2.12. The van der Waals surface area contributed by atoms with Crippen molar-refractivity contribution < 1.29 is 0 Å². The number of thiophene rings is 1. The second-order valence-electron chi connectivity index (χ2n) is 3.86. The molecule has 0 saturated heterocycles. The van der Waals surface area contributed by atoms with E-state index in [1.807, 2.05) is 19.1 Å². The molecule has 96 valence electrons. The maximum atomic E-state index is 5.76. The van der Waals surface area contributed by atoms with Gasteiger partial charge in [-0.15, -0.1) is 11.3 Å². The molecule has 3 heterocycles. The normalized spacial score (nSPS) is 11.1. The Kier molecular flexibility index (Phi) is 3.42. The van der Waals surface area contributed by atoms with Gasteiger partial charge in [-0.3, -0.25) is 0 Å². The summed E-state index contributed by atoms with van der Waals surface area (Å²) in [5.74, 6) is 0.295. The number of fused-ring (bicyclic) bond motifs is 1. The van der Waals surface area contributed by atoms with Crippen LogP contribution in [-0.4, -0.2) is 15.0 Å². The van der Waals surface area contributed by atoms with Crippen molar-refractivity contribution in [3.05, 3.63) is 33.7 Å². The van der Waals surface area contributed by atoms with Crippen molar-refractivity contribution in [2.45, 2.75) is 17.0 Å². The average molecular weight is 353 g/mol. The molecule has 0 bridgehead atoms. The molecular formula is C12H9BrN4S2. The van der Waals surface area contributed by atoms with Crippen molar-refractivity contribution in [1.82, 2.24) is 15.0 Å². The van der Waals surface area contributed by atoms with Crippen LogP contribution in [0.3, 0.4) is 0 Å². The molecule has 3 aromatic heterocycles. The van der Waals surface area contributed by atoms with Crippen molar-refractivity contribution in [2.75, 3.05) is 5.73 Å². The predicted molar refractivity (Wildman–Crippen MR) is 82.6 cm³/mol. The van der Waals surface area contributed by atoms with E-state index >= 15 is 0 Å². The van der Waals surface area contributed by atoms with Crippen LogP contribution in [0.2, 0.25) is 0 Å². The molecule has 0 aliphatic carbocycles. The van der Waals surface area contributed by atoms with Crippen LogP contribution in [0, 0.1) is 6.92 Å². The number of rotatable bonds is 2. The van der Waals surface area contributed by atoms with Crippen LogP contribution in [0.1, 0.15) is 4.88 Å². The fraction of sp³-hybridized carbons (Fsp3) is 0.0833. The van der Waals surface area contributed by atoms with Crippen molar-refractivity contribution in [3.8, 4) is 0 Å². The van der Waals surface area contributed by atoms with E-state index in [0.717, 1.165) is 24.7 Å². The fourth-order valence-corrected chi connectivity index (χ4v) is 3.96. The standard InChI is InChI=1S/C12H9BrN4S2/c1-6-5-7-9(18-6)16-12(14)17-10(7)19-11-8(13)3-2-4-15-11/h2-5H,1H3,(H2,14,16,17). The fourth-order valence-electron chi connectivity index (χ4n) is 1.65. The summed E-state index contributed by atoms with van der Waals surface area (Å²) in [7, 11) is 0. The van der Waals surface area contributed by atoms with E-state index in [-0.39, 0.29) is 0 Å². The van der Waals surface area contributed by atoms with Crippen LogP contribution in [0.5, 0.6) is 0 Å². The number of halogens is 1. The molecule has 3 rings (SSSR count). The van der Waals surface area contributed by atoms with Gasteiger partial charge < -0.3 is 5.73 Å². The number of nitrogens with two attached hydrogens (primary N) is 1. The zero-order valence-corrected chi connectivity index (χ0v) is 13.1. The number of nitrogens with zero attached hydrogens (tertiary/aromatic N) is 3. The number of anilines is 1. The van der Waals surface area contributed by atoms with Gasteiger partial charge in [-0.05, 0) is 52.8 Å².